The number of rotatable bonds is 1. The van der Waals surface area contributed by atoms with Crippen molar-refractivity contribution < 1.29 is 4.79 Å². The number of imidazole rings is 1. The summed E-state index contributed by atoms with van der Waals surface area (Å²) in [5, 5.41) is 14.4. The normalized spacial score (nSPS) is 17.1. The molecule has 0 spiro atoms. The van der Waals surface area contributed by atoms with Crippen LogP contribution in [0.15, 0.2) is 42.3 Å². The number of hydrazone groups is 1. The summed E-state index contributed by atoms with van der Waals surface area (Å²) in [6, 6.07) is 3.23. The molecule has 2 aromatic rings. The van der Waals surface area contributed by atoms with E-state index in [0.717, 1.165) is 5.56 Å². The maximum Gasteiger partial charge on any atom is 0.350 e. The predicted molar refractivity (Wildman–Crippen MR) is 69.7 cm³/mol. The van der Waals surface area contributed by atoms with Gasteiger partial charge in [-0.25, -0.2) is 14.8 Å². The van der Waals surface area contributed by atoms with Crippen LogP contribution in [0.4, 0.5) is 4.79 Å². The SMILES string of the molecule is N#Cc1cncc([C@@H]2CC=NN2C(=O)n2ccnc2)c1. The van der Waals surface area contributed by atoms with Gasteiger partial charge in [0.15, 0.2) is 0 Å². The van der Waals surface area contributed by atoms with Crippen LogP contribution >= 0.6 is 0 Å². The summed E-state index contributed by atoms with van der Waals surface area (Å²) in [5.41, 5.74) is 1.25. The first-order chi connectivity index (χ1) is 9.79. The van der Waals surface area contributed by atoms with Crippen molar-refractivity contribution in [3.63, 3.8) is 0 Å². The van der Waals surface area contributed by atoms with Crippen LogP contribution in [-0.4, -0.2) is 31.8 Å². The molecule has 0 N–H and O–H groups in total. The number of carbonyl (C=O) groups excluding carboxylic acids is 1. The molecule has 7 nitrogen and oxygen atoms in total. The van der Waals surface area contributed by atoms with Crippen molar-refractivity contribution in [2.24, 2.45) is 5.10 Å². The van der Waals surface area contributed by atoms with Gasteiger partial charge in [0.2, 0.25) is 0 Å². The average Bonchev–Trinajstić information content (AvgIpc) is 3.17. The van der Waals surface area contributed by atoms with Gasteiger partial charge in [0.25, 0.3) is 0 Å². The van der Waals surface area contributed by atoms with Crippen molar-refractivity contribution in [2.75, 3.05) is 0 Å². The van der Waals surface area contributed by atoms with Crippen molar-refractivity contribution in [1.29, 1.82) is 5.26 Å². The number of nitriles is 1. The maximum absolute atomic E-state index is 12.3. The van der Waals surface area contributed by atoms with Crippen LogP contribution in [0.5, 0.6) is 0 Å². The molecular formula is C13H10N6O. The maximum atomic E-state index is 12.3. The summed E-state index contributed by atoms with van der Waals surface area (Å²) >= 11 is 0. The van der Waals surface area contributed by atoms with Gasteiger partial charge in [-0.15, -0.1) is 0 Å². The first-order valence-electron chi connectivity index (χ1n) is 5.98. The molecule has 1 aliphatic heterocycles. The van der Waals surface area contributed by atoms with Gasteiger partial charge in [-0.3, -0.25) is 9.55 Å². The molecule has 3 rings (SSSR count). The smallest absolute Gasteiger partial charge is 0.263 e. The predicted octanol–water partition coefficient (Wildman–Crippen LogP) is 1.55. The van der Waals surface area contributed by atoms with E-state index >= 15 is 0 Å². The highest BCUT2D eigenvalue weighted by Crippen LogP contribution is 2.28. The fourth-order valence-electron chi connectivity index (χ4n) is 2.07. The third kappa shape index (κ3) is 2.03. The van der Waals surface area contributed by atoms with Crippen molar-refractivity contribution in [2.45, 2.75) is 12.5 Å². The molecule has 2 aromatic heterocycles. The molecule has 0 radical (unpaired) electrons. The molecule has 0 saturated carbocycles. The minimum Gasteiger partial charge on any atom is -0.263 e. The zero-order chi connectivity index (χ0) is 13.9. The van der Waals surface area contributed by atoms with E-state index in [0.29, 0.717) is 12.0 Å². The Morgan fingerprint density at radius 1 is 1.40 bits per heavy atom. The molecule has 1 atom stereocenters. The molecule has 7 heteroatoms. The lowest BCUT2D eigenvalue weighted by molar-refractivity contribution is 0.187. The van der Waals surface area contributed by atoms with Gasteiger partial charge in [0.05, 0.1) is 11.6 Å². The highest BCUT2D eigenvalue weighted by Gasteiger charge is 2.29. The third-order valence-electron chi connectivity index (χ3n) is 3.02. The van der Waals surface area contributed by atoms with Crippen LogP contribution in [0.2, 0.25) is 0 Å². The molecule has 0 bridgehead atoms. The largest absolute Gasteiger partial charge is 0.350 e. The number of aromatic nitrogens is 3. The summed E-state index contributed by atoms with van der Waals surface area (Å²) in [6.07, 6.45) is 9.93. The van der Waals surface area contributed by atoms with Crippen LogP contribution in [-0.2, 0) is 0 Å². The highest BCUT2D eigenvalue weighted by molar-refractivity contribution is 5.80. The van der Waals surface area contributed by atoms with Gasteiger partial charge >= 0.3 is 6.03 Å². The van der Waals surface area contributed by atoms with Crippen molar-refractivity contribution in [3.8, 4) is 6.07 Å². The molecule has 0 unspecified atom stereocenters. The number of nitrogens with zero attached hydrogens (tertiary/aromatic N) is 6. The second kappa shape index (κ2) is 4.93. The monoisotopic (exact) mass is 266 g/mol. The lowest BCUT2D eigenvalue weighted by Gasteiger charge is -2.21. The Hall–Kier alpha value is -3.01. The van der Waals surface area contributed by atoms with Gasteiger partial charge in [0, 0.05) is 37.4 Å². The van der Waals surface area contributed by atoms with Gasteiger partial charge in [-0.2, -0.15) is 10.4 Å². The summed E-state index contributed by atoms with van der Waals surface area (Å²) in [5.74, 6) is 0. The molecule has 1 aliphatic rings. The fourth-order valence-corrected chi connectivity index (χ4v) is 2.07. The Balaban J connectivity index is 1.90. The summed E-state index contributed by atoms with van der Waals surface area (Å²) in [7, 11) is 0. The summed E-state index contributed by atoms with van der Waals surface area (Å²) < 4.78 is 1.36. The van der Waals surface area contributed by atoms with Gasteiger partial charge in [0.1, 0.15) is 12.4 Å². The molecule has 20 heavy (non-hydrogen) atoms. The Labute approximate surface area is 114 Å². The van der Waals surface area contributed by atoms with E-state index in [2.05, 4.69) is 15.1 Å². The van der Waals surface area contributed by atoms with Crippen LogP contribution in [0, 0.1) is 11.3 Å². The molecule has 1 amide bonds. The number of amides is 1. The van der Waals surface area contributed by atoms with E-state index in [-0.39, 0.29) is 12.1 Å². The zero-order valence-electron chi connectivity index (χ0n) is 10.4. The van der Waals surface area contributed by atoms with Crippen LogP contribution in [0.3, 0.4) is 0 Å². The first kappa shape index (κ1) is 12.0. The molecule has 98 valence electrons. The molecule has 3 heterocycles. The van der Waals surface area contributed by atoms with Crippen LogP contribution in [0.1, 0.15) is 23.6 Å². The zero-order valence-corrected chi connectivity index (χ0v) is 10.4. The minimum absolute atomic E-state index is 0.245. The summed E-state index contributed by atoms with van der Waals surface area (Å²) in [4.78, 5) is 20.2. The fraction of sp³-hybridized carbons (Fsp3) is 0.154. The number of hydrogen-bond donors (Lipinski definition) is 0. The van der Waals surface area contributed by atoms with Crippen molar-refractivity contribution >= 4 is 12.2 Å². The van der Waals surface area contributed by atoms with Gasteiger partial charge in [-0.1, -0.05) is 0 Å². The number of carbonyl (C=O) groups is 1. The van der Waals surface area contributed by atoms with E-state index < -0.39 is 0 Å². The van der Waals surface area contributed by atoms with E-state index in [4.69, 9.17) is 5.26 Å². The van der Waals surface area contributed by atoms with E-state index in [1.807, 2.05) is 6.07 Å². The molecular weight excluding hydrogens is 256 g/mol. The van der Waals surface area contributed by atoms with Gasteiger partial charge in [-0.05, 0) is 11.6 Å². The first-order valence-corrected chi connectivity index (χ1v) is 5.98. The van der Waals surface area contributed by atoms with Gasteiger partial charge < -0.3 is 0 Å². The Morgan fingerprint density at radius 3 is 3.05 bits per heavy atom. The Morgan fingerprint density at radius 2 is 2.30 bits per heavy atom. The van der Waals surface area contributed by atoms with Crippen LogP contribution in [0.25, 0.3) is 0 Å². The molecule has 0 fully saturated rings. The Bertz CT molecular complexity index is 700. The highest BCUT2D eigenvalue weighted by atomic mass is 16.2. The van der Waals surface area contributed by atoms with E-state index in [9.17, 15) is 4.79 Å². The quantitative estimate of drug-likeness (QED) is 0.783. The van der Waals surface area contributed by atoms with Crippen molar-refractivity contribution in [1.82, 2.24) is 19.5 Å². The minimum atomic E-state index is -0.288. The van der Waals surface area contributed by atoms with E-state index in [1.165, 1.54) is 28.3 Å². The topological polar surface area (TPSA) is 87.2 Å². The number of hydrogen-bond acceptors (Lipinski definition) is 5. The lowest BCUT2D eigenvalue weighted by Crippen LogP contribution is -2.30. The third-order valence-corrected chi connectivity index (χ3v) is 3.02. The molecule has 0 aliphatic carbocycles. The van der Waals surface area contributed by atoms with Crippen LogP contribution < -0.4 is 0 Å². The lowest BCUT2D eigenvalue weighted by atomic mass is 10.1. The molecule has 0 aromatic carbocycles. The second-order valence-corrected chi connectivity index (χ2v) is 4.27. The Kier molecular flexibility index (Phi) is 2.97. The number of pyridine rings is 1. The van der Waals surface area contributed by atoms with E-state index in [1.54, 1.807) is 24.7 Å². The molecule has 0 saturated heterocycles. The summed E-state index contributed by atoms with van der Waals surface area (Å²) in [6.45, 7) is 0. The van der Waals surface area contributed by atoms with Crippen molar-refractivity contribution in [3.05, 3.63) is 48.3 Å². The second-order valence-electron chi connectivity index (χ2n) is 4.27. The average molecular weight is 266 g/mol. The standard InChI is InChI=1S/C13H10N6O/c14-6-10-5-11(8-16-7-10)12-1-2-17-19(12)13(20)18-4-3-15-9-18/h2-5,7-9,12H,1H2/t12-/m0/s1.